The minimum absolute atomic E-state index is 0.151. The number of ether oxygens (including phenoxy) is 1. The van der Waals surface area contributed by atoms with E-state index in [0.29, 0.717) is 19.0 Å². The summed E-state index contributed by atoms with van der Waals surface area (Å²) in [5.74, 6) is 1.66. The molecular formula is C22H24N4O2. The fourth-order valence-corrected chi connectivity index (χ4v) is 3.34. The molecule has 0 radical (unpaired) electrons. The first-order valence-corrected chi connectivity index (χ1v) is 9.56. The summed E-state index contributed by atoms with van der Waals surface area (Å²) in [6.07, 6.45) is 4.58. The maximum atomic E-state index is 12.1. The van der Waals surface area contributed by atoms with E-state index < -0.39 is 0 Å². The minimum Gasteiger partial charge on any atom is -0.497 e. The number of amides is 1. The summed E-state index contributed by atoms with van der Waals surface area (Å²) in [7, 11) is 1.65. The largest absolute Gasteiger partial charge is 0.497 e. The molecule has 0 bridgehead atoms. The van der Waals surface area contributed by atoms with Gasteiger partial charge in [0.05, 0.1) is 25.0 Å². The molecule has 1 aromatic carbocycles. The van der Waals surface area contributed by atoms with Gasteiger partial charge in [-0.05, 0) is 54.8 Å². The molecule has 1 amide bonds. The van der Waals surface area contributed by atoms with Gasteiger partial charge in [0.15, 0.2) is 0 Å². The highest BCUT2D eigenvalue weighted by atomic mass is 16.5. The number of hydrogen-bond donors (Lipinski definition) is 1. The topological polar surface area (TPSA) is 69.0 Å². The molecule has 2 atom stereocenters. The van der Waals surface area contributed by atoms with Crippen molar-refractivity contribution < 1.29 is 9.53 Å². The first-order valence-electron chi connectivity index (χ1n) is 9.56. The molecule has 0 saturated heterocycles. The van der Waals surface area contributed by atoms with E-state index in [2.05, 4.69) is 23.3 Å². The number of nitrogens with one attached hydrogen (secondary N) is 1. The maximum absolute atomic E-state index is 12.1. The summed E-state index contributed by atoms with van der Waals surface area (Å²) in [6, 6.07) is 13.8. The van der Waals surface area contributed by atoms with Crippen LogP contribution in [0, 0.1) is 11.8 Å². The molecule has 2 unspecified atom stereocenters. The molecule has 0 spiro atoms. The summed E-state index contributed by atoms with van der Waals surface area (Å²) in [6.45, 7) is 3.27. The number of benzene rings is 1. The normalized spacial score (nSPS) is 17.9. The maximum Gasteiger partial charge on any atom is 0.223 e. The zero-order chi connectivity index (χ0) is 19.5. The second kappa shape index (κ2) is 7.84. The smallest absolute Gasteiger partial charge is 0.223 e. The molecule has 1 aliphatic carbocycles. The third-order valence-corrected chi connectivity index (χ3v) is 5.19. The molecule has 4 rings (SSSR count). The zero-order valence-corrected chi connectivity index (χ0v) is 16.1. The Morgan fingerprint density at radius 3 is 2.68 bits per heavy atom. The van der Waals surface area contributed by atoms with Crippen molar-refractivity contribution in [2.45, 2.75) is 19.9 Å². The molecule has 2 aromatic heterocycles. The van der Waals surface area contributed by atoms with Crippen LogP contribution in [0.2, 0.25) is 0 Å². The Bertz CT molecular complexity index is 950. The molecule has 2 heterocycles. The summed E-state index contributed by atoms with van der Waals surface area (Å²) in [5.41, 5.74) is 3.87. The van der Waals surface area contributed by atoms with E-state index in [1.54, 1.807) is 13.3 Å². The Labute approximate surface area is 164 Å². The van der Waals surface area contributed by atoms with Gasteiger partial charge in [0.2, 0.25) is 5.91 Å². The fraction of sp³-hybridized carbons (Fsp3) is 0.318. The molecule has 28 heavy (non-hydrogen) atoms. The van der Waals surface area contributed by atoms with Crippen LogP contribution in [0.4, 0.5) is 0 Å². The molecule has 6 nitrogen and oxygen atoms in total. The standard InChI is InChI=1S/C22H24N4O2/c1-15-12-19(15)22(27)24-10-11-26-21(17-4-3-9-23-14-17)13-20(25-26)16-5-7-18(28-2)8-6-16/h3-9,13-15,19H,10-12H2,1-2H3,(H,24,27). The van der Waals surface area contributed by atoms with E-state index in [9.17, 15) is 4.79 Å². The molecule has 1 saturated carbocycles. The lowest BCUT2D eigenvalue weighted by atomic mass is 10.1. The van der Waals surface area contributed by atoms with Crippen LogP contribution in [0.25, 0.3) is 22.5 Å². The molecule has 0 aliphatic heterocycles. The lowest BCUT2D eigenvalue weighted by Gasteiger charge is -2.08. The lowest BCUT2D eigenvalue weighted by molar-refractivity contribution is -0.122. The van der Waals surface area contributed by atoms with Gasteiger partial charge in [-0.2, -0.15) is 5.10 Å². The third-order valence-electron chi connectivity index (χ3n) is 5.19. The SMILES string of the molecule is COc1ccc(-c2cc(-c3cccnc3)n(CCNC(=O)C3CC3C)n2)cc1. The van der Waals surface area contributed by atoms with Crippen LogP contribution < -0.4 is 10.1 Å². The number of methoxy groups -OCH3 is 1. The van der Waals surface area contributed by atoms with Crippen molar-refractivity contribution in [3.63, 3.8) is 0 Å². The van der Waals surface area contributed by atoms with Gasteiger partial charge >= 0.3 is 0 Å². The summed E-state index contributed by atoms with van der Waals surface area (Å²) < 4.78 is 7.17. The van der Waals surface area contributed by atoms with Crippen molar-refractivity contribution in [2.24, 2.45) is 11.8 Å². The number of aromatic nitrogens is 3. The van der Waals surface area contributed by atoms with E-state index in [4.69, 9.17) is 9.84 Å². The average Bonchev–Trinajstić information content (AvgIpc) is 3.32. The summed E-state index contributed by atoms with van der Waals surface area (Å²) in [4.78, 5) is 16.3. The molecule has 3 aromatic rings. The monoisotopic (exact) mass is 376 g/mol. The molecule has 144 valence electrons. The fourth-order valence-electron chi connectivity index (χ4n) is 3.34. The van der Waals surface area contributed by atoms with E-state index in [1.807, 2.05) is 47.3 Å². The van der Waals surface area contributed by atoms with Crippen LogP contribution in [-0.2, 0) is 11.3 Å². The van der Waals surface area contributed by atoms with Gasteiger partial charge in [-0.25, -0.2) is 0 Å². The number of hydrogen-bond acceptors (Lipinski definition) is 4. The Morgan fingerprint density at radius 1 is 1.25 bits per heavy atom. The van der Waals surface area contributed by atoms with E-state index in [-0.39, 0.29) is 11.8 Å². The molecule has 1 N–H and O–H groups in total. The van der Waals surface area contributed by atoms with Crippen molar-refractivity contribution in [3.8, 4) is 28.3 Å². The predicted molar refractivity (Wildman–Crippen MR) is 108 cm³/mol. The van der Waals surface area contributed by atoms with Crippen LogP contribution in [-0.4, -0.2) is 34.3 Å². The lowest BCUT2D eigenvalue weighted by Crippen LogP contribution is -2.29. The van der Waals surface area contributed by atoms with Gasteiger partial charge in [0.1, 0.15) is 5.75 Å². The van der Waals surface area contributed by atoms with Crippen molar-refractivity contribution >= 4 is 5.91 Å². The molecule has 1 aliphatic rings. The number of carbonyl (C=O) groups excluding carboxylic acids is 1. The quantitative estimate of drug-likeness (QED) is 0.686. The predicted octanol–water partition coefficient (Wildman–Crippen LogP) is 3.39. The Hall–Kier alpha value is -3.15. The van der Waals surface area contributed by atoms with Gasteiger partial charge in [0.25, 0.3) is 0 Å². The van der Waals surface area contributed by atoms with E-state index in [0.717, 1.165) is 34.7 Å². The molecule has 1 fully saturated rings. The van der Waals surface area contributed by atoms with Crippen LogP contribution in [0.15, 0.2) is 54.9 Å². The van der Waals surface area contributed by atoms with Gasteiger partial charge in [-0.3, -0.25) is 14.5 Å². The van der Waals surface area contributed by atoms with Crippen molar-refractivity contribution in [3.05, 3.63) is 54.9 Å². The van der Waals surface area contributed by atoms with Crippen LogP contribution in [0.3, 0.4) is 0 Å². The van der Waals surface area contributed by atoms with Crippen molar-refractivity contribution in [2.75, 3.05) is 13.7 Å². The first-order chi connectivity index (χ1) is 13.7. The number of carbonyl (C=O) groups is 1. The number of rotatable bonds is 7. The second-order valence-electron chi connectivity index (χ2n) is 7.22. The Morgan fingerprint density at radius 2 is 2.04 bits per heavy atom. The Balaban J connectivity index is 1.56. The van der Waals surface area contributed by atoms with Crippen LogP contribution in [0.5, 0.6) is 5.75 Å². The van der Waals surface area contributed by atoms with Crippen LogP contribution >= 0.6 is 0 Å². The Kier molecular flexibility index (Phi) is 5.10. The third kappa shape index (κ3) is 3.91. The number of nitrogens with zero attached hydrogens (tertiary/aromatic N) is 3. The number of pyridine rings is 1. The van der Waals surface area contributed by atoms with Gasteiger partial charge < -0.3 is 10.1 Å². The second-order valence-corrected chi connectivity index (χ2v) is 7.22. The molecule has 6 heteroatoms. The van der Waals surface area contributed by atoms with E-state index >= 15 is 0 Å². The zero-order valence-electron chi connectivity index (χ0n) is 16.1. The molecular weight excluding hydrogens is 352 g/mol. The van der Waals surface area contributed by atoms with Crippen LogP contribution in [0.1, 0.15) is 13.3 Å². The first kappa shape index (κ1) is 18.2. The highest BCUT2D eigenvalue weighted by Crippen LogP contribution is 2.37. The highest BCUT2D eigenvalue weighted by Gasteiger charge is 2.38. The minimum atomic E-state index is 0.151. The highest BCUT2D eigenvalue weighted by molar-refractivity contribution is 5.81. The summed E-state index contributed by atoms with van der Waals surface area (Å²) in [5, 5.41) is 7.82. The van der Waals surface area contributed by atoms with Gasteiger partial charge in [-0.1, -0.05) is 6.92 Å². The van der Waals surface area contributed by atoms with Crippen molar-refractivity contribution in [1.82, 2.24) is 20.1 Å². The van der Waals surface area contributed by atoms with Crippen molar-refractivity contribution in [1.29, 1.82) is 0 Å². The average molecular weight is 376 g/mol. The summed E-state index contributed by atoms with van der Waals surface area (Å²) >= 11 is 0. The van der Waals surface area contributed by atoms with Gasteiger partial charge in [-0.15, -0.1) is 0 Å². The van der Waals surface area contributed by atoms with E-state index in [1.165, 1.54) is 0 Å². The van der Waals surface area contributed by atoms with Gasteiger partial charge in [0, 0.05) is 36.0 Å².